The molecule has 1 amide bonds. The number of benzene rings is 1. The van der Waals surface area contributed by atoms with Crippen molar-refractivity contribution in [2.75, 3.05) is 5.32 Å². The highest BCUT2D eigenvalue weighted by molar-refractivity contribution is 7.14. The third kappa shape index (κ3) is 2.76. The van der Waals surface area contributed by atoms with E-state index in [1.807, 2.05) is 0 Å². The maximum absolute atomic E-state index is 13.0. The molecule has 3 nitrogen and oxygen atoms in total. The Morgan fingerprint density at radius 2 is 1.88 bits per heavy atom. The first-order chi connectivity index (χ1) is 12.4. The van der Waals surface area contributed by atoms with Gasteiger partial charge in [-0.05, 0) is 74.6 Å². The average Bonchev–Trinajstić information content (AvgIpc) is 3.02. The smallest absolute Gasteiger partial charge is 0.257 e. The predicted molar refractivity (Wildman–Crippen MR) is 101 cm³/mol. The van der Waals surface area contributed by atoms with Crippen molar-refractivity contribution >= 4 is 34.0 Å². The van der Waals surface area contributed by atoms with E-state index in [1.54, 1.807) is 0 Å². The average molecular weight is 391 g/mol. The van der Waals surface area contributed by atoms with Crippen LogP contribution in [0.1, 0.15) is 54.6 Å². The van der Waals surface area contributed by atoms with Crippen LogP contribution < -0.4 is 5.32 Å². The van der Waals surface area contributed by atoms with Crippen molar-refractivity contribution in [3.05, 3.63) is 46.7 Å². The van der Waals surface area contributed by atoms with Crippen molar-refractivity contribution in [3.8, 4) is 0 Å². The lowest BCUT2D eigenvalue weighted by Crippen LogP contribution is -2.55. The molecule has 0 unspecified atom stereocenters. The van der Waals surface area contributed by atoms with Crippen LogP contribution in [0.4, 0.5) is 9.52 Å². The minimum absolute atomic E-state index is 0.0504. The van der Waals surface area contributed by atoms with E-state index < -0.39 is 0 Å². The van der Waals surface area contributed by atoms with Crippen molar-refractivity contribution in [1.29, 1.82) is 0 Å². The summed E-state index contributed by atoms with van der Waals surface area (Å²) >= 11 is 8.39. The van der Waals surface area contributed by atoms with Gasteiger partial charge in [0.25, 0.3) is 5.91 Å². The van der Waals surface area contributed by atoms with Gasteiger partial charge in [-0.25, -0.2) is 9.37 Å². The van der Waals surface area contributed by atoms with E-state index in [1.165, 1.54) is 54.9 Å². The van der Waals surface area contributed by atoms with Crippen molar-refractivity contribution in [1.82, 2.24) is 4.98 Å². The summed E-state index contributed by atoms with van der Waals surface area (Å²) in [5.41, 5.74) is 1.61. The second kappa shape index (κ2) is 5.77. The molecule has 1 N–H and O–H groups in total. The van der Waals surface area contributed by atoms with Gasteiger partial charge in [0.1, 0.15) is 5.82 Å². The third-order valence-corrected chi connectivity index (χ3v) is 7.56. The van der Waals surface area contributed by atoms with E-state index in [9.17, 15) is 9.18 Å². The standard InChI is InChI=1S/C20H20ClFN2OS/c21-20-8-12-5-13(9-20)7-19(6-12,11-20)16-10-26-18(23-16)24-17(25)14-1-3-15(22)4-2-14/h1-4,10,12-13H,5-9,11H2,(H,23,24,25)/t12-,13-,19?,20?/m1/s1. The number of amides is 1. The Morgan fingerprint density at radius 1 is 1.19 bits per heavy atom. The van der Waals surface area contributed by atoms with Gasteiger partial charge in [0.05, 0.1) is 5.69 Å². The molecule has 4 bridgehead atoms. The summed E-state index contributed by atoms with van der Waals surface area (Å²) in [4.78, 5) is 17.1. The van der Waals surface area contributed by atoms with Crippen LogP contribution in [0.25, 0.3) is 0 Å². The van der Waals surface area contributed by atoms with Crippen molar-refractivity contribution in [2.45, 2.75) is 48.8 Å². The highest BCUT2D eigenvalue weighted by Crippen LogP contribution is 2.64. The van der Waals surface area contributed by atoms with Crippen LogP contribution in [0, 0.1) is 17.7 Å². The summed E-state index contributed by atoms with van der Waals surface area (Å²) in [6.07, 6.45) is 6.95. The molecule has 136 valence electrons. The van der Waals surface area contributed by atoms with E-state index in [4.69, 9.17) is 16.6 Å². The number of anilines is 1. The number of alkyl halides is 1. The number of nitrogens with one attached hydrogen (secondary N) is 1. The third-order valence-electron chi connectivity index (χ3n) is 6.36. The van der Waals surface area contributed by atoms with Gasteiger partial charge in [0.15, 0.2) is 5.13 Å². The van der Waals surface area contributed by atoms with Crippen LogP contribution in [0.15, 0.2) is 29.6 Å². The highest BCUT2D eigenvalue weighted by Gasteiger charge is 2.58. The Balaban J connectivity index is 1.37. The molecular weight excluding hydrogens is 371 g/mol. The van der Waals surface area contributed by atoms with Crippen LogP contribution in [0.5, 0.6) is 0 Å². The first kappa shape index (κ1) is 16.7. The molecule has 0 spiro atoms. The lowest BCUT2D eigenvalue weighted by Gasteiger charge is -2.59. The second-order valence-electron chi connectivity index (χ2n) is 8.39. The Kier molecular flexibility index (Phi) is 3.70. The molecule has 0 radical (unpaired) electrons. The van der Waals surface area contributed by atoms with Gasteiger partial charge < -0.3 is 0 Å². The number of carbonyl (C=O) groups is 1. The maximum atomic E-state index is 13.0. The number of halogens is 2. The van der Waals surface area contributed by atoms with E-state index in [0.717, 1.165) is 25.0 Å². The van der Waals surface area contributed by atoms with Gasteiger partial charge in [-0.1, -0.05) is 0 Å². The number of thiazole rings is 1. The van der Waals surface area contributed by atoms with Gasteiger partial charge in [0.2, 0.25) is 0 Å². The van der Waals surface area contributed by atoms with Gasteiger partial charge >= 0.3 is 0 Å². The Bertz CT molecular complexity index is 851. The maximum Gasteiger partial charge on any atom is 0.257 e. The van der Waals surface area contributed by atoms with Crippen molar-refractivity contribution in [2.24, 2.45) is 11.8 Å². The van der Waals surface area contributed by atoms with Crippen LogP contribution in [0.3, 0.4) is 0 Å². The molecule has 0 saturated heterocycles. The molecule has 2 atom stereocenters. The highest BCUT2D eigenvalue weighted by atomic mass is 35.5. The van der Waals surface area contributed by atoms with Crippen LogP contribution >= 0.6 is 22.9 Å². The van der Waals surface area contributed by atoms with E-state index in [2.05, 4.69) is 10.7 Å². The van der Waals surface area contributed by atoms with E-state index in [-0.39, 0.29) is 22.0 Å². The zero-order chi connectivity index (χ0) is 17.9. The molecule has 2 aromatic rings. The fraction of sp³-hybridized carbons (Fsp3) is 0.500. The Labute approximate surface area is 161 Å². The first-order valence-electron chi connectivity index (χ1n) is 9.15. The molecular formula is C20H20ClFN2OS. The Hall–Kier alpha value is -1.46. The van der Waals surface area contributed by atoms with Crippen LogP contribution in [0.2, 0.25) is 0 Å². The summed E-state index contributed by atoms with van der Waals surface area (Å²) < 4.78 is 13.0. The molecule has 4 saturated carbocycles. The SMILES string of the molecule is O=C(Nc1nc(C23C[C@H]4C[C@@H](CC(Cl)(C4)C2)C3)cs1)c1ccc(F)cc1. The topological polar surface area (TPSA) is 42.0 Å². The number of hydrogen-bond donors (Lipinski definition) is 1. The first-order valence-corrected chi connectivity index (χ1v) is 10.4. The summed E-state index contributed by atoms with van der Waals surface area (Å²) in [7, 11) is 0. The quantitative estimate of drug-likeness (QED) is 0.716. The molecule has 1 aromatic carbocycles. The second-order valence-corrected chi connectivity index (χ2v) is 10.1. The van der Waals surface area contributed by atoms with E-state index in [0.29, 0.717) is 22.5 Å². The number of rotatable bonds is 3. The molecule has 4 aliphatic carbocycles. The molecule has 4 fully saturated rings. The predicted octanol–water partition coefficient (Wildman–Crippen LogP) is 5.36. The zero-order valence-corrected chi connectivity index (χ0v) is 15.9. The van der Waals surface area contributed by atoms with Gasteiger partial charge in [-0.15, -0.1) is 22.9 Å². The minimum Gasteiger partial charge on any atom is -0.298 e. The molecule has 4 aliphatic rings. The molecule has 1 heterocycles. The van der Waals surface area contributed by atoms with E-state index >= 15 is 0 Å². The van der Waals surface area contributed by atoms with Crippen molar-refractivity contribution < 1.29 is 9.18 Å². The number of nitrogens with zero attached hydrogens (tertiary/aromatic N) is 1. The Morgan fingerprint density at radius 3 is 2.54 bits per heavy atom. The molecule has 1 aromatic heterocycles. The normalized spacial score (nSPS) is 34.8. The monoisotopic (exact) mass is 390 g/mol. The lowest BCUT2D eigenvalue weighted by atomic mass is 9.48. The zero-order valence-electron chi connectivity index (χ0n) is 14.3. The van der Waals surface area contributed by atoms with Gasteiger partial charge in [-0.3, -0.25) is 10.1 Å². The minimum atomic E-state index is -0.352. The van der Waals surface area contributed by atoms with Crippen LogP contribution in [-0.4, -0.2) is 15.8 Å². The van der Waals surface area contributed by atoms with Gasteiger partial charge in [0, 0.05) is 21.2 Å². The summed E-state index contributed by atoms with van der Waals surface area (Å²) in [5, 5.41) is 5.55. The molecule has 6 rings (SSSR count). The number of carbonyl (C=O) groups excluding carboxylic acids is 1. The number of aromatic nitrogens is 1. The molecule has 26 heavy (non-hydrogen) atoms. The largest absolute Gasteiger partial charge is 0.298 e. The lowest BCUT2D eigenvalue weighted by molar-refractivity contribution is 0.00720. The van der Waals surface area contributed by atoms with Gasteiger partial charge in [-0.2, -0.15) is 0 Å². The summed E-state index contributed by atoms with van der Waals surface area (Å²) in [5.74, 6) is 0.820. The fourth-order valence-corrected chi connectivity index (χ4v) is 7.32. The summed E-state index contributed by atoms with van der Waals surface area (Å²) in [6, 6.07) is 5.54. The molecule has 0 aliphatic heterocycles. The number of hydrogen-bond acceptors (Lipinski definition) is 3. The summed E-state index contributed by atoms with van der Waals surface area (Å²) in [6.45, 7) is 0. The molecule has 6 heteroatoms. The fourth-order valence-electron chi connectivity index (χ4n) is 5.80. The van der Waals surface area contributed by atoms with Crippen LogP contribution in [-0.2, 0) is 5.41 Å². The van der Waals surface area contributed by atoms with Crippen molar-refractivity contribution in [3.63, 3.8) is 0 Å².